The van der Waals surface area contributed by atoms with Gasteiger partial charge in [-0.05, 0) is 12.5 Å². The van der Waals surface area contributed by atoms with Gasteiger partial charge >= 0.3 is 0 Å². The van der Waals surface area contributed by atoms with Gasteiger partial charge in [-0.2, -0.15) is 0 Å². The van der Waals surface area contributed by atoms with Crippen LogP contribution in [0.25, 0.3) is 0 Å². The van der Waals surface area contributed by atoms with Crippen molar-refractivity contribution in [3.63, 3.8) is 0 Å². The predicted molar refractivity (Wildman–Crippen MR) is 104 cm³/mol. The number of hydrogen-bond acceptors (Lipinski definition) is 4. The highest BCUT2D eigenvalue weighted by Gasteiger charge is 2.44. The molecule has 1 aliphatic rings. The van der Waals surface area contributed by atoms with Gasteiger partial charge in [0.15, 0.2) is 15.2 Å². The SMILES string of the molecule is CCCCCCCCCCCCN1C(=O)CS(=O)(=O)[C@H]1c1cccnc1. The molecule has 1 amide bonds. The summed E-state index contributed by atoms with van der Waals surface area (Å²) in [6.07, 6.45) is 15.3. The molecule has 2 rings (SSSR count). The fraction of sp³-hybridized carbons (Fsp3) is 0.700. The fourth-order valence-electron chi connectivity index (χ4n) is 3.58. The first-order valence-corrected chi connectivity index (χ1v) is 11.7. The monoisotopic (exact) mass is 380 g/mol. The van der Waals surface area contributed by atoms with E-state index in [1.807, 2.05) is 0 Å². The molecule has 1 fully saturated rings. The van der Waals surface area contributed by atoms with Crippen molar-refractivity contribution in [2.45, 2.75) is 76.5 Å². The van der Waals surface area contributed by atoms with E-state index in [9.17, 15) is 13.2 Å². The zero-order valence-corrected chi connectivity index (χ0v) is 16.7. The molecule has 0 N–H and O–H groups in total. The van der Waals surface area contributed by atoms with E-state index in [-0.39, 0.29) is 11.7 Å². The van der Waals surface area contributed by atoms with E-state index in [0.717, 1.165) is 19.3 Å². The van der Waals surface area contributed by atoms with Crippen molar-refractivity contribution >= 4 is 15.7 Å². The molecule has 1 aromatic heterocycles. The molecule has 0 radical (unpaired) electrons. The number of sulfone groups is 1. The van der Waals surface area contributed by atoms with E-state index in [2.05, 4.69) is 11.9 Å². The Kier molecular flexibility index (Phi) is 8.55. The average molecular weight is 381 g/mol. The van der Waals surface area contributed by atoms with Gasteiger partial charge in [-0.1, -0.05) is 70.8 Å². The Morgan fingerprint density at radius 1 is 1.04 bits per heavy atom. The van der Waals surface area contributed by atoms with E-state index in [1.54, 1.807) is 24.5 Å². The van der Waals surface area contributed by atoms with E-state index in [0.29, 0.717) is 12.1 Å². The lowest BCUT2D eigenvalue weighted by Crippen LogP contribution is -2.30. The van der Waals surface area contributed by atoms with E-state index < -0.39 is 15.2 Å². The second-order valence-electron chi connectivity index (χ2n) is 7.22. The predicted octanol–water partition coefficient (Wildman–Crippen LogP) is 4.26. The van der Waals surface area contributed by atoms with Crippen molar-refractivity contribution in [1.29, 1.82) is 0 Å². The van der Waals surface area contributed by atoms with Crippen molar-refractivity contribution < 1.29 is 13.2 Å². The molecule has 2 heterocycles. The Hall–Kier alpha value is -1.43. The molecule has 26 heavy (non-hydrogen) atoms. The maximum absolute atomic E-state index is 12.4. The van der Waals surface area contributed by atoms with Gasteiger partial charge in [0, 0.05) is 24.5 Å². The zero-order valence-electron chi connectivity index (χ0n) is 15.9. The van der Waals surface area contributed by atoms with Gasteiger partial charge in [0.05, 0.1) is 0 Å². The van der Waals surface area contributed by atoms with Crippen molar-refractivity contribution in [3.05, 3.63) is 30.1 Å². The summed E-state index contributed by atoms with van der Waals surface area (Å²) in [6.45, 7) is 2.74. The number of carbonyl (C=O) groups is 1. The summed E-state index contributed by atoms with van der Waals surface area (Å²) < 4.78 is 24.7. The van der Waals surface area contributed by atoms with E-state index in [1.165, 1.54) is 49.8 Å². The maximum Gasteiger partial charge on any atom is 0.239 e. The van der Waals surface area contributed by atoms with Gasteiger partial charge in [0.25, 0.3) is 0 Å². The Morgan fingerprint density at radius 2 is 1.65 bits per heavy atom. The lowest BCUT2D eigenvalue weighted by molar-refractivity contribution is -0.128. The lowest BCUT2D eigenvalue weighted by atomic mass is 10.1. The number of amides is 1. The summed E-state index contributed by atoms with van der Waals surface area (Å²) in [7, 11) is -3.46. The normalized spacial score (nSPS) is 19.2. The zero-order chi connectivity index (χ0) is 18.8. The molecule has 1 aromatic rings. The van der Waals surface area contributed by atoms with Crippen LogP contribution in [0, 0.1) is 0 Å². The van der Waals surface area contributed by atoms with E-state index >= 15 is 0 Å². The van der Waals surface area contributed by atoms with Gasteiger partial charge in [0.2, 0.25) is 5.91 Å². The first-order chi connectivity index (χ1) is 12.6. The minimum absolute atomic E-state index is 0.283. The van der Waals surface area contributed by atoms with Crippen molar-refractivity contribution in [1.82, 2.24) is 9.88 Å². The first-order valence-electron chi connectivity index (χ1n) is 9.97. The van der Waals surface area contributed by atoms with E-state index in [4.69, 9.17) is 0 Å². The Bertz CT molecular complexity index is 646. The fourth-order valence-corrected chi connectivity index (χ4v) is 5.41. The van der Waals surface area contributed by atoms with Crippen LogP contribution in [0.1, 0.15) is 82.1 Å². The molecule has 1 saturated heterocycles. The third-order valence-corrected chi connectivity index (χ3v) is 6.85. The number of hydrogen-bond donors (Lipinski definition) is 0. The highest BCUT2D eigenvalue weighted by Crippen LogP contribution is 2.33. The van der Waals surface area contributed by atoms with Gasteiger partial charge in [0.1, 0.15) is 5.75 Å². The minimum Gasteiger partial charge on any atom is -0.321 e. The number of nitrogens with zero attached hydrogens (tertiary/aromatic N) is 2. The largest absolute Gasteiger partial charge is 0.321 e. The molecule has 1 aliphatic heterocycles. The number of unbranched alkanes of at least 4 members (excludes halogenated alkanes) is 9. The molecule has 6 heteroatoms. The van der Waals surface area contributed by atoms with Crippen LogP contribution in [0.2, 0.25) is 0 Å². The van der Waals surface area contributed by atoms with Crippen molar-refractivity contribution in [2.24, 2.45) is 0 Å². The summed E-state index contributed by atoms with van der Waals surface area (Å²) in [5.41, 5.74) is 0.588. The van der Waals surface area contributed by atoms with Crippen LogP contribution in [0.4, 0.5) is 0 Å². The quantitative estimate of drug-likeness (QED) is 0.508. The summed E-state index contributed by atoms with van der Waals surface area (Å²) in [4.78, 5) is 17.7. The van der Waals surface area contributed by atoms with Crippen molar-refractivity contribution in [3.8, 4) is 0 Å². The molecule has 146 valence electrons. The Labute approximate surface area is 158 Å². The van der Waals surface area contributed by atoms with Crippen LogP contribution in [-0.4, -0.2) is 36.5 Å². The third-order valence-electron chi connectivity index (χ3n) is 4.99. The lowest BCUT2D eigenvalue weighted by Gasteiger charge is -2.23. The maximum atomic E-state index is 12.4. The van der Waals surface area contributed by atoms with Crippen LogP contribution >= 0.6 is 0 Å². The highest BCUT2D eigenvalue weighted by molar-refractivity contribution is 7.92. The van der Waals surface area contributed by atoms with Crippen LogP contribution < -0.4 is 0 Å². The molecule has 1 atom stereocenters. The number of aromatic nitrogens is 1. The average Bonchev–Trinajstić information content (AvgIpc) is 2.85. The van der Waals surface area contributed by atoms with Crippen molar-refractivity contribution in [2.75, 3.05) is 12.3 Å². The third kappa shape index (κ3) is 6.08. The molecule has 0 bridgehead atoms. The molecular weight excluding hydrogens is 348 g/mol. The molecule has 0 aromatic carbocycles. The molecule has 0 saturated carbocycles. The second-order valence-corrected chi connectivity index (χ2v) is 9.28. The van der Waals surface area contributed by atoms with Crippen LogP contribution in [-0.2, 0) is 14.6 Å². The Morgan fingerprint density at radius 3 is 2.23 bits per heavy atom. The minimum atomic E-state index is -3.46. The second kappa shape index (κ2) is 10.7. The smallest absolute Gasteiger partial charge is 0.239 e. The van der Waals surface area contributed by atoms with Gasteiger partial charge in [-0.15, -0.1) is 0 Å². The standard InChI is InChI=1S/C20H32N2O3S/c1-2-3-4-5-6-7-8-9-10-11-15-22-19(23)17-26(24,25)20(22)18-13-12-14-21-16-18/h12-14,16,20H,2-11,15,17H2,1H3/t20-/m0/s1. The summed E-state index contributed by atoms with van der Waals surface area (Å²) in [5, 5.41) is -0.859. The summed E-state index contributed by atoms with van der Waals surface area (Å²) >= 11 is 0. The Balaban J connectivity index is 1.73. The number of carbonyl (C=O) groups excluding carboxylic acids is 1. The number of pyridine rings is 1. The molecule has 5 nitrogen and oxygen atoms in total. The first kappa shape index (κ1) is 20.9. The van der Waals surface area contributed by atoms with Crippen LogP contribution in [0.15, 0.2) is 24.5 Å². The topological polar surface area (TPSA) is 67.3 Å². The van der Waals surface area contributed by atoms with Gasteiger partial charge in [-0.25, -0.2) is 8.42 Å². The van der Waals surface area contributed by atoms with Crippen LogP contribution in [0.5, 0.6) is 0 Å². The van der Waals surface area contributed by atoms with Crippen LogP contribution in [0.3, 0.4) is 0 Å². The molecule has 0 unspecified atom stereocenters. The van der Waals surface area contributed by atoms with Gasteiger partial charge in [-0.3, -0.25) is 9.78 Å². The summed E-state index contributed by atoms with van der Waals surface area (Å²) in [5.74, 6) is -0.667. The highest BCUT2D eigenvalue weighted by atomic mass is 32.2. The number of rotatable bonds is 12. The molecule has 0 aliphatic carbocycles. The molecular formula is C20H32N2O3S. The summed E-state index contributed by atoms with van der Waals surface area (Å²) in [6, 6.07) is 3.45. The molecule has 0 spiro atoms. The van der Waals surface area contributed by atoms with Gasteiger partial charge < -0.3 is 4.90 Å².